The van der Waals surface area contributed by atoms with Gasteiger partial charge in [0.1, 0.15) is 5.82 Å². The molecule has 1 aromatic rings. The molecule has 0 spiro atoms. The van der Waals surface area contributed by atoms with Gasteiger partial charge in [0.15, 0.2) is 0 Å². The van der Waals surface area contributed by atoms with Crippen LogP contribution in [-0.4, -0.2) is 29.3 Å². The van der Waals surface area contributed by atoms with E-state index in [2.05, 4.69) is 22.9 Å². The van der Waals surface area contributed by atoms with Crippen LogP contribution in [-0.2, 0) is 0 Å². The van der Waals surface area contributed by atoms with Crippen LogP contribution in [0.25, 0.3) is 0 Å². The van der Waals surface area contributed by atoms with Gasteiger partial charge in [0.25, 0.3) is 0 Å². The third kappa shape index (κ3) is 2.97. The molecule has 0 bridgehead atoms. The molecule has 0 amide bonds. The van der Waals surface area contributed by atoms with Crippen LogP contribution in [0.2, 0.25) is 0 Å². The highest BCUT2D eigenvalue weighted by Gasteiger charge is 2.22. The standard InChI is InChI=1S/C14H22N2O/c1-12-6-5-9-15-14(12)16(10-11-17)13-7-3-2-4-8-13/h5-6,9,13,17H,2-4,7-8,10-11H2,1H3. The normalized spacial score (nSPS) is 17.1. The minimum absolute atomic E-state index is 0.201. The lowest BCUT2D eigenvalue weighted by molar-refractivity contribution is 0.289. The van der Waals surface area contributed by atoms with Crippen LogP contribution >= 0.6 is 0 Å². The second-order valence-corrected chi connectivity index (χ2v) is 4.85. The predicted octanol–water partition coefficient (Wildman–Crippen LogP) is 2.52. The van der Waals surface area contributed by atoms with Gasteiger partial charge in [-0.15, -0.1) is 0 Å². The molecular formula is C14H22N2O. The molecule has 3 nitrogen and oxygen atoms in total. The molecule has 1 N–H and O–H groups in total. The lowest BCUT2D eigenvalue weighted by atomic mass is 9.94. The van der Waals surface area contributed by atoms with E-state index in [0.717, 1.165) is 5.82 Å². The maximum Gasteiger partial charge on any atom is 0.131 e. The zero-order valence-corrected chi connectivity index (χ0v) is 10.6. The molecule has 0 aliphatic heterocycles. The number of nitrogens with zero attached hydrogens (tertiary/aromatic N) is 2. The minimum Gasteiger partial charge on any atom is -0.395 e. The van der Waals surface area contributed by atoms with Crippen molar-refractivity contribution in [3.05, 3.63) is 23.9 Å². The van der Waals surface area contributed by atoms with E-state index in [1.54, 1.807) is 0 Å². The number of aryl methyl sites for hydroxylation is 1. The molecule has 2 rings (SSSR count). The molecule has 1 saturated carbocycles. The first-order chi connectivity index (χ1) is 8.33. The van der Waals surface area contributed by atoms with Crippen molar-refractivity contribution in [1.29, 1.82) is 0 Å². The second kappa shape index (κ2) is 6.01. The van der Waals surface area contributed by atoms with Gasteiger partial charge in [-0.3, -0.25) is 0 Å². The van der Waals surface area contributed by atoms with E-state index in [1.807, 2.05) is 12.3 Å². The first-order valence-electron chi connectivity index (χ1n) is 6.62. The number of rotatable bonds is 4. The van der Waals surface area contributed by atoms with Gasteiger partial charge in [-0.1, -0.05) is 25.3 Å². The summed E-state index contributed by atoms with van der Waals surface area (Å²) in [5.41, 5.74) is 1.20. The Hall–Kier alpha value is -1.09. The predicted molar refractivity (Wildman–Crippen MR) is 70.3 cm³/mol. The van der Waals surface area contributed by atoms with E-state index in [9.17, 15) is 5.11 Å². The summed E-state index contributed by atoms with van der Waals surface area (Å²) in [4.78, 5) is 6.79. The monoisotopic (exact) mass is 234 g/mol. The van der Waals surface area contributed by atoms with Gasteiger partial charge < -0.3 is 10.0 Å². The zero-order chi connectivity index (χ0) is 12.1. The summed E-state index contributed by atoms with van der Waals surface area (Å²) in [7, 11) is 0. The van der Waals surface area contributed by atoms with Gasteiger partial charge in [0.05, 0.1) is 6.61 Å². The van der Waals surface area contributed by atoms with Crippen molar-refractivity contribution >= 4 is 5.82 Å². The minimum atomic E-state index is 0.201. The summed E-state index contributed by atoms with van der Waals surface area (Å²) in [6, 6.07) is 4.62. The maximum atomic E-state index is 9.25. The quantitative estimate of drug-likeness (QED) is 0.869. The van der Waals surface area contributed by atoms with Gasteiger partial charge >= 0.3 is 0 Å². The van der Waals surface area contributed by atoms with E-state index in [4.69, 9.17) is 0 Å². The Kier molecular flexibility index (Phi) is 4.37. The van der Waals surface area contributed by atoms with Crippen LogP contribution in [0.15, 0.2) is 18.3 Å². The van der Waals surface area contributed by atoms with Crippen molar-refractivity contribution in [1.82, 2.24) is 4.98 Å². The highest BCUT2D eigenvalue weighted by atomic mass is 16.3. The second-order valence-electron chi connectivity index (χ2n) is 4.85. The largest absolute Gasteiger partial charge is 0.395 e. The molecule has 3 heteroatoms. The maximum absolute atomic E-state index is 9.25. The van der Waals surface area contributed by atoms with Crippen LogP contribution in [0.4, 0.5) is 5.82 Å². The lowest BCUT2D eigenvalue weighted by Gasteiger charge is -2.35. The molecule has 1 aliphatic rings. The van der Waals surface area contributed by atoms with E-state index < -0.39 is 0 Å². The molecule has 0 unspecified atom stereocenters. The first-order valence-corrected chi connectivity index (χ1v) is 6.62. The highest BCUT2D eigenvalue weighted by Crippen LogP contribution is 2.27. The van der Waals surface area contributed by atoms with Gasteiger partial charge in [-0.05, 0) is 31.4 Å². The average Bonchev–Trinajstić information content (AvgIpc) is 2.38. The Morgan fingerprint density at radius 3 is 2.76 bits per heavy atom. The van der Waals surface area contributed by atoms with Crippen LogP contribution in [0.1, 0.15) is 37.7 Å². The third-order valence-corrected chi connectivity index (χ3v) is 3.61. The molecule has 0 radical (unpaired) electrons. The Morgan fingerprint density at radius 1 is 1.35 bits per heavy atom. The molecule has 1 fully saturated rings. The molecule has 0 aromatic carbocycles. The Morgan fingerprint density at radius 2 is 2.12 bits per heavy atom. The molecule has 1 aromatic heterocycles. The molecule has 1 aliphatic carbocycles. The Balaban J connectivity index is 2.18. The van der Waals surface area contributed by atoms with Crippen LogP contribution in [0.5, 0.6) is 0 Å². The van der Waals surface area contributed by atoms with Gasteiger partial charge in [-0.25, -0.2) is 4.98 Å². The fraction of sp³-hybridized carbons (Fsp3) is 0.643. The summed E-state index contributed by atoms with van der Waals surface area (Å²) in [6.07, 6.45) is 8.27. The summed E-state index contributed by atoms with van der Waals surface area (Å²) in [5.74, 6) is 1.05. The lowest BCUT2D eigenvalue weighted by Crippen LogP contribution is -2.39. The zero-order valence-electron chi connectivity index (χ0n) is 10.6. The number of aliphatic hydroxyl groups excluding tert-OH is 1. The van der Waals surface area contributed by atoms with Crippen molar-refractivity contribution in [2.24, 2.45) is 0 Å². The summed E-state index contributed by atoms with van der Waals surface area (Å²) >= 11 is 0. The topological polar surface area (TPSA) is 36.4 Å². The van der Waals surface area contributed by atoms with Crippen molar-refractivity contribution < 1.29 is 5.11 Å². The third-order valence-electron chi connectivity index (χ3n) is 3.61. The molecule has 94 valence electrons. The molecule has 1 heterocycles. The van der Waals surface area contributed by atoms with E-state index in [-0.39, 0.29) is 6.61 Å². The SMILES string of the molecule is Cc1cccnc1N(CCO)C1CCCCC1. The van der Waals surface area contributed by atoms with Gasteiger partial charge in [-0.2, -0.15) is 0 Å². The van der Waals surface area contributed by atoms with Crippen molar-refractivity contribution in [3.8, 4) is 0 Å². The Bertz CT molecular complexity index is 348. The van der Waals surface area contributed by atoms with Crippen molar-refractivity contribution in [2.75, 3.05) is 18.1 Å². The molecular weight excluding hydrogens is 212 g/mol. The number of hydrogen-bond donors (Lipinski definition) is 1. The molecule has 17 heavy (non-hydrogen) atoms. The van der Waals surface area contributed by atoms with E-state index >= 15 is 0 Å². The fourth-order valence-electron chi connectivity index (χ4n) is 2.74. The van der Waals surface area contributed by atoms with Crippen LogP contribution in [0.3, 0.4) is 0 Å². The fourth-order valence-corrected chi connectivity index (χ4v) is 2.74. The number of aromatic nitrogens is 1. The summed E-state index contributed by atoms with van der Waals surface area (Å²) in [6.45, 7) is 2.99. The van der Waals surface area contributed by atoms with Gasteiger partial charge in [0, 0.05) is 18.8 Å². The number of aliphatic hydroxyl groups is 1. The van der Waals surface area contributed by atoms with Crippen LogP contribution in [0, 0.1) is 6.92 Å². The van der Waals surface area contributed by atoms with Gasteiger partial charge in [0.2, 0.25) is 0 Å². The van der Waals surface area contributed by atoms with Crippen LogP contribution < -0.4 is 4.90 Å². The Labute approximate surface area is 103 Å². The first kappa shape index (κ1) is 12.4. The van der Waals surface area contributed by atoms with E-state index in [0.29, 0.717) is 12.6 Å². The van der Waals surface area contributed by atoms with E-state index in [1.165, 1.54) is 37.7 Å². The smallest absolute Gasteiger partial charge is 0.131 e. The summed E-state index contributed by atoms with van der Waals surface area (Å²) < 4.78 is 0. The number of pyridine rings is 1. The highest BCUT2D eigenvalue weighted by molar-refractivity contribution is 5.46. The van der Waals surface area contributed by atoms with Crippen molar-refractivity contribution in [3.63, 3.8) is 0 Å². The average molecular weight is 234 g/mol. The number of hydrogen-bond acceptors (Lipinski definition) is 3. The summed E-state index contributed by atoms with van der Waals surface area (Å²) in [5, 5.41) is 9.25. The van der Waals surface area contributed by atoms with Crippen molar-refractivity contribution in [2.45, 2.75) is 45.1 Å². The number of anilines is 1. The molecule has 0 atom stereocenters. The molecule has 0 saturated heterocycles.